The van der Waals surface area contributed by atoms with Crippen molar-refractivity contribution < 1.29 is 24.2 Å². The predicted molar refractivity (Wildman–Crippen MR) is 54.5 cm³/mol. The number of carboxylic acids is 1. The van der Waals surface area contributed by atoms with E-state index >= 15 is 0 Å². The monoisotopic (exact) mass is 232 g/mol. The Bertz CT molecular complexity index is 288. The van der Waals surface area contributed by atoms with Crippen LogP contribution in [0.2, 0.25) is 0 Å². The number of aliphatic carboxylic acids is 1. The van der Waals surface area contributed by atoms with Crippen LogP contribution in [0.1, 0.15) is 20.3 Å². The van der Waals surface area contributed by atoms with E-state index < -0.39 is 29.9 Å². The molecule has 0 saturated heterocycles. The Hall–Kier alpha value is -1.63. The lowest BCUT2D eigenvalue weighted by Crippen LogP contribution is -2.47. The van der Waals surface area contributed by atoms with E-state index in [0.717, 1.165) is 0 Å². The molecule has 16 heavy (non-hydrogen) atoms. The number of rotatable bonds is 7. The SMILES string of the molecule is CC(C)(CC(N)=O)NC(=O)COCC(=O)O. The zero-order valence-electron chi connectivity index (χ0n) is 9.28. The molecule has 0 aliphatic rings. The molecule has 0 radical (unpaired) electrons. The van der Waals surface area contributed by atoms with Gasteiger partial charge in [0.1, 0.15) is 13.2 Å². The van der Waals surface area contributed by atoms with Gasteiger partial charge < -0.3 is 20.9 Å². The summed E-state index contributed by atoms with van der Waals surface area (Å²) in [4.78, 5) is 32.0. The van der Waals surface area contributed by atoms with Gasteiger partial charge in [0.15, 0.2) is 0 Å². The highest BCUT2D eigenvalue weighted by molar-refractivity contribution is 5.80. The molecule has 0 atom stereocenters. The van der Waals surface area contributed by atoms with Crippen molar-refractivity contribution in [1.82, 2.24) is 5.32 Å². The fraction of sp³-hybridized carbons (Fsp3) is 0.667. The van der Waals surface area contributed by atoms with E-state index in [1.807, 2.05) is 0 Å². The summed E-state index contributed by atoms with van der Waals surface area (Å²) in [6, 6.07) is 0. The first-order valence-electron chi connectivity index (χ1n) is 4.62. The van der Waals surface area contributed by atoms with E-state index in [1.54, 1.807) is 13.8 Å². The number of carbonyl (C=O) groups excluding carboxylic acids is 2. The lowest BCUT2D eigenvalue weighted by atomic mass is 10.0. The van der Waals surface area contributed by atoms with Crippen molar-refractivity contribution in [3.8, 4) is 0 Å². The van der Waals surface area contributed by atoms with Gasteiger partial charge in [-0.15, -0.1) is 0 Å². The second-order valence-electron chi connectivity index (χ2n) is 3.96. The Morgan fingerprint density at radius 2 is 1.88 bits per heavy atom. The maximum Gasteiger partial charge on any atom is 0.329 e. The fourth-order valence-corrected chi connectivity index (χ4v) is 1.12. The van der Waals surface area contributed by atoms with Crippen molar-refractivity contribution in [2.75, 3.05) is 13.2 Å². The summed E-state index contributed by atoms with van der Waals surface area (Å²) < 4.78 is 4.58. The molecule has 0 heterocycles. The number of nitrogens with two attached hydrogens (primary N) is 1. The van der Waals surface area contributed by atoms with Gasteiger partial charge in [-0.3, -0.25) is 9.59 Å². The van der Waals surface area contributed by atoms with Crippen LogP contribution in [0.25, 0.3) is 0 Å². The van der Waals surface area contributed by atoms with Crippen molar-refractivity contribution in [3.05, 3.63) is 0 Å². The van der Waals surface area contributed by atoms with Crippen molar-refractivity contribution in [1.29, 1.82) is 0 Å². The third-order valence-corrected chi connectivity index (χ3v) is 1.55. The fourth-order valence-electron chi connectivity index (χ4n) is 1.12. The normalized spacial score (nSPS) is 10.9. The van der Waals surface area contributed by atoms with E-state index in [0.29, 0.717) is 0 Å². The van der Waals surface area contributed by atoms with Crippen LogP contribution in [0.4, 0.5) is 0 Å². The van der Waals surface area contributed by atoms with Gasteiger partial charge in [0.2, 0.25) is 11.8 Å². The molecular formula is C9H16N2O5. The van der Waals surface area contributed by atoms with E-state index in [-0.39, 0.29) is 13.0 Å². The summed E-state index contributed by atoms with van der Waals surface area (Å²) >= 11 is 0. The molecular weight excluding hydrogens is 216 g/mol. The van der Waals surface area contributed by atoms with E-state index in [9.17, 15) is 14.4 Å². The van der Waals surface area contributed by atoms with Gasteiger partial charge in [-0.1, -0.05) is 0 Å². The van der Waals surface area contributed by atoms with Crippen molar-refractivity contribution in [2.45, 2.75) is 25.8 Å². The molecule has 0 unspecified atom stereocenters. The van der Waals surface area contributed by atoms with Crippen LogP contribution in [-0.4, -0.2) is 41.6 Å². The molecule has 0 aromatic carbocycles. The largest absolute Gasteiger partial charge is 0.480 e. The number of primary amides is 1. The first-order valence-corrected chi connectivity index (χ1v) is 4.62. The number of ether oxygens (including phenoxy) is 1. The summed E-state index contributed by atoms with van der Waals surface area (Å²) in [5, 5.41) is 10.8. The average Bonchev–Trinajstić information content (AvgIpc) is 1.98. The first kappa shape index (κ1) is 14.4. The molecule has 2 amide bonds. The Balaban J connectivity index is 3.94. The number of hydrogen-bond acceptors (Lipinski definition) is 4. The molecule has 0 aromatic heterocycles. The predicted octanol–water partition coefficient (Wildman–Crippen LogP) is -1.14. The van der Waals surface area contributed by atoms with Gasteiger partial charge >= 0.3 is 5.97 Å². The molecule has 0 fully saturated rings. The number of carboxylic acid groups (broad SMARTS) is 1. The first-order chi connectivity index (χ1) is 7.23. The minimum Gasteiger partial charge on any atom is -0.480 e. The van der Waals surface area contributed by atoms with E-state index in [2.05, 4.69) is 10.1 Å². The standard InChI is InChI=1S/C9H16N2O5/c1-9(2,3-6(10)12)11-7(13)4-16-5-8(14)15/h3-5H2,1-2H3,(H2,10,12)(H,11,13)(H,14,15). The molecule has 0 bridgehead atoms. The third-order valence-electron chi connectivity index (χ3n) is 1.55. The number of carbonyl (C=O) groups is 3. The molecule has 0 aliphatic carbocycles. The highest BCUT2D eigenvalue weighted by Gasteiger charge is 2.22. The van der Waals surface area contributed by atoms with Gasteiger partial charge in [0, 0.05) is 12.0 Å². The summed E-state index contributed by atoms with van der Waals surface area (Å²) in [6.45, 7) is 2.36. The van der Waals surface area contributed by atoms with Crippen molar-refractivity contribution >= 4 is 17.8 Å². The van der Waals surface area contributed by atoms with Crippen LogP contribution in [0, 0.1) is 0 Å². The van der Waals surface area contributed by atoms with Crippen LogP contribution in [0.3, 0.4) is 0 Å². The van der Waals surface area contributed by atoms with Crippen LogP contribution >= 0.6 is 0 Å². The van der Waals surface area contributed by atoms with Crippen molar-refractivity contribution in [2.24, 2.45) is 5.73 Å². The van der Waals surface area contributed by atoms with E-state index in [4.69, 9.17) is 10.8 Å². The topological polar surface area (TPSA) is 119 Å². The smallest absolute Gasteiger partial charge is 0.329 e. The molecule has 92 valence electrons. The molecule has 4 N–H and O–H groups in total. The van der Waals surface area contributed by atoms with Gasteiger partial charge in [-0.25, -0.2) is 4.79 Å². The summed E-state index contributed by atoms with van der Waals surface area (Å²) in [7, 11) is 0. The maximum atomic E-state index is 11.2. The zero-order chi connectivity index (χ0) is 12.8. The minimum absolute atomic E-state index is 0.00231. The maximum absolute atomic E-state index is 11.2. The van der Waals surface area contributed by atoms with Crippen LogP contribution in [0.15, 0.2) is 0 Å². The van der Waals surface area contributed by atoms with Gasteiger partial charge in [-0.05, 0) is 13.8 Å². The van der Waals surface area contributed by atoms with Crippen LogP contribution in [-0.2, 0) is 19.1 Å². The lowest BCUT2D eigenvalue weighted by molar-refractivity contribution is -0.143. The second-order valence-corrected chi connectivity index (χ2v) is 3.96. The minimum atomic E-state index is -1.15. The number of amides is 2. The molecule has 0 saturated carbocycles. The third kappa shape index (κ3) is 7.74. The molecule has 7 heteroatoms. The Labute approximate surface area is 92.9 Å². The van der Waals surface area contributed by atoms with Gasteiger partial charge in [0.05, 0.1) is 0 Å². The molecule has 0 aliphatic heterocycles. The van der Waals surface area contributed by atoms with Gasteiger partial charge in [0.25, 0.3) is 0 Å². The highest BCUT2D eigenvalue weighted by atomic mass is 16.5. The zero-order valence-corrected chi connectivity index (χ0v) is 9.28. The second kappa shape index (κ2) is 6.06. The van der Waals surface area contributed by atoms with Crippen LogP contribution < -0.4 is 11.1 Å². The molecule has 0 aromatic rings. The summed E-state index contributed by atoms with van der Waals surface area (Å²) in [6.07, 6.45) is -0.00231. The summed E-state index contributed by atoms with van der Waals surface area (Å²) in [5.41, 5.74) is 4.23. The average molecular weight is 232 g/mol. The van der Waals surface area contributed by atoms with Crippen molar-refractivity contribution in [3.63, 3.8) is 0 Å². The Morgan fingerprint density at radius 1 is 1.31 bits per heavy atom. The molecule has 7 nitrogen and oxygen atoms in total. The van der Waals surface area contributed by atoms with Crippen LogP contribution in [0.5, 0.6) is 0 Å². The molecule has 0 rings (SSSR count). The number of nitrogens with one attached hydrogen (secondary N) is 1. The molecule has 0 spiro atoms. The Morgan fingerprint density at radius 3 is 2.31 bits per heavy atom. The summed E-state index contributed by atoms with van der Waals surface area (Å²) in [5.74, 6) is -2.17. The lowest BCUT2D eigenvalue weighted by Gasteiger charge is -2.24. The van der Waals surface area contributed by atoms with E-state index in [1.165, 1.54) is 0 Å². The Kier molecular flexibility index (Phi) is 5.44. The van der Waals surface area contributed by atoms with Gasteiger partial charge in [-0.2, -0.15) is 0 Å². The number of hydrogen-bond donors (Lipinski definition) is 3. The highest BCUT2D eigenvalue weighted by Crippen LogP contribution is 2.06. The quantitative estimate of drug-likeness (QED) is 0.512.